The quantitative estimate of drug-likeness (QED) is 0.785. The van der Waals surface area contributed by atoms with Gasteiger partial charge in [0.1, 0.15) is 0 Å². The van der Waals surface area contributed by atoms with Gasteiger partial charge in [0.15, 0.2) is 5.78 Å². The molecule has 23 heavy (non-hydrogen) atoms. The molecule has 0 aromatic rings. The summed E-state index contributed by atoms with van der Waals surface area (Å²) in [7, 11) is 0. The molecule has 0 saturated carbocycles. The summed E-state index contributed by atoms with van der Waals surface area (Å²) in [4.78, 5) is 11.8. The molecule has 1 N–H and O–H groups in total. The van der Waals surface area contributed by atoms with Crippen LogP contribution < -0.4 is 0 Å². The Kier molecular flexibility index (Phi) is 3.16. The monoisotopic (exact) mass is 310 g/mol. The average Bonchev–Trinajstić information content (AvgIpc) is 2.85. The van der Waals surface area contributed by atoms with Crippen molar-refractivity contribution < 1.29 is 9.90 Å². The van der Waals surface area contributed by atoms with E-state index in [2.05, 4.69) is 26.0 Å². The summed E-state index contributed by atoms with van der Waals surface area (Å²) in [5.74, 6) is 0.483. The van der Waals surface area contributed by atoms with Gasteiger partial charge in [0.05, 0.1) is 6.10 Å². The summed E-state index contributed by atoms with van der Waals surface area (Å²) >= 11 is 0. The standard InChI is InChI=1S/C21H26O2/c1-13(22)17-6-7-18-16-5-4-14-12-15(23)8-10-20(14,2)19(16)9-11-21(17,18)3/h7-8,10,12-13,17,22H,4-6,9,11H2,1-3H3/t13-,17+,20-,21+/m0/s1. The zero-order valence-corrected chi connectivity index (χ0v) is 14.4. The Morgan fingerprint density at radius 1 is 1.26 bits per heavy atom. The van der Waals surface area contributed by atoms with E-state index in [0.29, 0.717) is 5.92 Å². The van der Waals surface area contributed by atoms with Gasteiger partial charge in [-0.1, -0.05) is 30.2 Å². The molecule has 2 nitrogen and oxygen atoms in total. The fourth-order valence-electron chi connectivity index (χ4n) is 5.62. The second kappa shape index (κ2) is 4.80. The molecule has 4 rings (SSSR count). The van der Waals surface area contributed by atoms with E-state index in [0.717, 1.165) is 32.1 Å². The molecule has 0 saturated heterocycles. The molecule has 0 radical (unpaired) electrons. The fraction of sp³-hybridized carbons (Fsp3) is 0.571. The van der Waals surface area contributed by atoms with Gasteiger partial charge in [0.25, 0.3) is 0 Å². The third kappa shape index (κ3) is 1.94. The van der Waals surface area contributed by atoms with Crippen LogP contribution in [0.1, 0.15) is 52.9 Å². The Bertz CT molecular complexity index is 703. The molecule has 0 aliphatic heterocycles. The molecule has 0 amide bonds. The van der Waals surface area contributed by atoms with E-state index in [1.165, 1.54) is 22.3 Å². The summed E-state index contributed by atoms with van der Waals surface area (Å²) in [6.07, 6.45) is 13.1. The average molecular weight is 310 g/mol. The van der Waals surface area contributed by atoms with Crippen LogP contribution in [0.3, 0.4) is 0 Å². The van der Waals surface area contributed by atoms with Gasteiger partial charge in [-0.05, 0) is 80.6 Å². The van der Waals surface area contributed by atoms with Crippen LogP contribution in [0.25, 0.3) is 0 Å². The first kappa shape index (κ1) is 15.1. The fourth-order valence-corrected chi connectivity index (χ4v) is 5.62. The number of rotatable bonds is 1. The molecule has 0 heterocycles. The minimum atomic E-state index is -0.252. The van der Waals surface area contributed by atoms with Crippen LogP contribution in [-0.2, 0) is 4.79 Å². The van der Waals surface area contributed by atoms with Crippen molar-refractivity contribution in [3.63, 3.8) is 0 Å². The molecule has 4 aliphatic carbocycles. The minimum absolute atomic E-state index is 0.0629. The summed E-state index contributed by atoms with van der Waals surface area (Å²) in [5, 5.41) is 10.2. The van der Waals surface area contributed by atoms with Crippen LogP contribution in [-0.4, -0.2) is 17.0 Å². The van der Waals surface area contributed by atoms with Crippen LogP contribution in [0.2, 0.25) is 0 Å². The number of aliphatic hydroxyl groups excluding tert-OH is 1. The Morgan fingerprint density at radius 2 is 2.04 bits per heavy atom. The summed E-state index contributed by atoms with van der Waals surface area (Å²) in [6, 6.07) is 0. The number of ketones is 1. The largest absolute Gasteiger partial charge is 0.393 e. The molecule has 4 atom stereocenters. The van der Waals surface area contributed by atoms with Crippen molar-refractivity contribution in [1.29, 1.82) is 0 Å². The summed E-state index contributed by atoms with van der Waals surface area (Å²) < 4.78 is 0. The first-order valence-corrected chi connectivity index (χ1v) is 8.92. The molecular formula is C21H26O2. The molecular weight excluding hydrogens is 284 g/mol. The molecule has 0 spiro atoms. The zero-order chi connectivity index (χ0) is 16.4. The number of hydrogen-bond donors (Lipinski definition) is 1. The van der Waals surface area contributed by atoms with E-state index in [4.69, 9.17) is 0 Å². The Balaban J connectivity index is 1.81. The SMILES string of the molecule is C[C@H](O)[C@H]1CC=C2C3=C(CC[C@@]21C)[C@@]1(C)C=CC(=O)C=C1CC3. The van der Waals surface area contributed by atoms with Crippen LogP contribution in [0.4, 0.5) is 0 Å². The second-order valence-electron chi connectivity index (χ2n) is 8.18. The molecule has 0 bridgehead atoms. The van der Waals surface area contributed by atoms with Gasteiger partial charge in [-0.15, -0.1) is 0 Å². The van der Waals surface area contributed by atoms with Gasteiger partial charge in [-0.25, -0.2) is 0 Å². The number of carbonyl (C=O) groups is 1. The lowest BCUT2D eigenvalue weighted by atomic mass is 9.56. The second-order valence-corrected chi connectivity index (χ2v) is 8.18. The highest BCUT2D eigenvalue weighted by molar-refractivity contribution is 6.01. The van der Waals surface area contributed by atoms with Crippen molar-refractivity contribution in [3.05, 3.63) is 46.6 Å². The molecule has 0 fully saturated rings. The van der Waals surface area contributed by atoms with Crippen molar-refractivity contribution in [1.82, 2.24) is 0 Å². The lowest BCUT2D eigenvalue weighted by Gasteiger charge is -2.48. The topological polar surface area (TPSA) is 37.3 Å². The molecule has 4 aliphatic rings. The third-order valence-electron chi connectivity index (χ3n) is 7.01. The van der Waals surface area contributed by atoms with Crippen molar-refractivity contribution >= 4 is 5.78 Å². The predicted octanol–water partition coefficient (Wildman–Crippen LogP) is 4.28. The van der Waals surface area contributed by atoms with E-state index in [1.807, 2.05) is 13.0 Å². The number of hydrogen-bond acceptors (Lipinski definition) is 2. The van der Waals surface area contributed by atoms with Crippen molar-refractivity contribution in [2.45, 2.75) is 59.0 Å². The summed E-state index contributed by atoms with van der Waals surface area (Å²) in [6.45, 7) is 6.57. The maximum atomic E-state index is 11.8. The van der Waals surface area contributed by atoms with Crippen LogP contribution >= 0.6 is 0 Å². The number of allylic oxidation sites excluding steroid dienone is 8. The van der Waals surface area contributed by atoms with Crippen molar-refractivity contribution in [3.8, 4) is 0 Å². The highest BCUT2D eigenvalue weighted by Gasteiger charge is 2.50. The highest BCUT2D eigenvalue weighted by atomic mass is 16.3. The summed E-state index contributed by atoms with van der Waals surface area (Å²) in [5.41, 5.74) is 5.90. The smallest absolute Gasteiger partial charge is 0.178 e. The van der Waals surface area contributed by atoms with Gasteiger partial charge in [-0.3, -0.25) is 4.79 Å². The number of fused-ring (bicyclic) bond motifs is 4. The first-order valence-electron chi connectivity index (χ1n) is 8.92. The van der Waals surface area contributed by atoms with E-state index in [-0.39, 0.29) is 22.7 Å². The Labute approximate surface area is 138 Å². The Morgan fingerprint density at radius 3 is 2.78 bits per heavy atom. The lowest BCUT2D eigenvalue weighted by molar-refractivity contribution is -0.110. The van der Waals surface area contributed by atoms with E-state index >= 15 is 0 Å². The van der Waals surface area contributed by atoms with Gasteiger partial charge in [-0.2, -0.15) is 0 Å². The molecule has 2 heteroatoms. The maximum absolute atomic E-state index is 11.8. The zero-order valence-electron chi connectivity index (χ0n) is 14.4. The van der Waals surface area contributed by atoms with Gasteiger partial charge >= 0.3 is 0 Å². The molecule has 0 unspecified atom stereocenters. The normalized spacial score (nSPS) is 40.2. The minimum Gasteiger partial charge on any atom is -0.393 e. The number of aliphatic hydroxyl groups is 1. The predicted molar refractivity (Wildman–Crippen MR) is 91.8 cm³/mol. The van der Waals surface area contributed by atoms with Gasteiger partial charge in [0, 0.05) is 5.41 Å². The van der Waals surface area contributed by atoms with E-state index < -0.39 is 0 Å². The molecule has 0 aromatic carbocycles. The van der Waals surface area contributed by atoms with Gasteiger partial charge in [0.2, 0.25) is 0 Å². The number of carbonyl (C=O) groups excluding carboxylic acids is 1. The van der Waals surface area contributed by atoms with E-state index in [1.54, 1.807) is 6.08 Å². The highest BCUT2D eigenvalue weighted by Crippen LogP contribution is 2.61. The van der Waals surface area contributed by atoms with E-state index in [9.17, 15) is 9.90 Å². The maximum Gasteiger partial charge on any atom is 0.178 e. The van der Waals surface area contributed by atoms with Crippen molar-refractivity contribution in [2.24, 2.45) is 16.7 Å². The lowest BCUT2D eigenvalue weighted by Crippen LogP contribution is -2.39. The molecule has 122 valence electrons. The van der Waals surface area contributed by atoms with Gasteiger partial charge < -0.3 is 5.11 Å². The third-order valence-corrected chi connectivity index (χ3v) is 7.01. The Hall–Kier alpha value is -1.41. The van der Waals surface area contributed by atoms with Crippen LogP contribution in [0, 0.1) is 16.7 Å². The van der Waals surface area contributed by atoms with Crippen LogP contribution in [0.15, 0.2) is 46.6 Å². The first-order chi connectivity index (χ1) is 10.9. The van der Waals surface area contributed by atoms with Crippen LogP contribution in [0.5, 0.6) is 0 Å². The van der Waals surface area contributed by atoms with Crippen molar-refractivity contribution in [2.75, 3.05) is 0 Å². The molecule has 0 aromatic heterocycles.